The van der Waals surface area contributed by atoms with Crippen LogP contribution in [0.4, 0.5) is 0 Å². The smallest absolute Gasteiger partial charge is 0.329 e. The van der Waals surface area contributed by atoms with Crippen molar-refractivity contribution in [3.05, 3.63) is 31.8 Å². The van der Waals surface area contributed by atoms with Crippen LogP contribution in [0.15, 0.2) is 15.7 Å². The molecule has 6 nitrogen and oxygen atoms in total. The zero-order valence-electron chi connectivity index (χ0n) is 11.1. The topological polar surface area (TPSA) is 75.2 Å². The fraction of sp³-hybridized carbons (Fsp3) is 0.462. The maximum absolute atomic E-state index is 12.3. The zero-order valence-corrected chi connectivity index (χ0v) is 12.0. The van der Waals surface area contributed by atoms with Gasteiger partial charge in [-0.1, -0.05) is 0 Å². The Kier molecular flexibility index (Phi) is 3.21. The van der Waals surface area contributed by atoms with E-state index in [-0.39, 0.29) is 18.0 Å². The largest absolute Gasteiger partial charge is 0.341 e. The number of H-pyrrole nitrogens is 1. The molecule has 1 N–H and O–H groups in total. The molecule has 3 rings (SSSR count). The number of aromatic nitrogens is 2. The first-order valence-corrected chi connectivity index (χ1v) is 7.39. The molecule has 0 bridgehead atoms. The summed E-state index contributed by atoms with van der Waals surface area (Å²) in [7, 11) is 0. The van der Waals surface area contributed by atoms with Crippen molar-refractivity contribution in [2.45, 2.75) is 26.3 Å². The van der Waals surface area contributed by atoms with Crippen LogP contribution in [0, 0.1) is 6.92 Å². The lowest BCUT2D eigenvalue weighted by atomic mass is 10.3. The summed E-state index contributed by atoms with van der Waals surface area (Å²) in [4.78, 5) is 42.2. The lowest BCUT2D eigenvalue weighted by Gasteiger charge is -2.15. The molecular weight excluding hydrogens is 278 g/mol. The van der Waals surface area contributed by atoms with Crippen molar-refractivity contribution in [3.8, 4) is 0 Å². The number of carbonyl (C=O) groups excluding carboxylic acids is 1. The average molecular weight is 293 g/mol. The molecule has 2 aromatic heterocycles. The Labute approximate surface area is 118 Å². The number of rotatable bonds is 2. The minimum absolute atomic E-state index is 0.165. The third-order valence-corrected chi connectivity index (χ3v) is 4.51. The summed E-state index contributed by atoms with van der Waals surface area (Å²) >= 11 is 1.37. The van der Waals surface area contributed by atoms with Crippen molar-refractivity contribution >= 4 is 27.5 Å². The van der Waals surface area contributed by atoms with E-state index in [0.29, 0.717) is 23.3 Å². The van der Waals surface area contributed by atoms with Crippen molar-refractivity contribution in [2.75, 3.05) is 13.1 Å². The molecule has 0 aromatic carbocycles. The molecule has 3 heterocycles. The molecule has 7 heteroatoms. The van der Waals surface area contributed by atoms with E-state index < -0.39 is 5.69 Å². The van der Waals surface area contributed by atoms with Crippen molar-refractivity contribution in [2.24, 2.45) is 0 Å². The third-order valence-electron chi connectivity index (χ3n) is 3.55. The van der Waals surface area contributed by atoms with Crippen molar-refractivity contribution in [1.82, 2.24) is 14.5 Å². The van der Waals surface area contributed by atoms with Crippen molar-refractivity contribution < 1.29 is 4.79 Å². The van der Waals surface area contributed by atoms with Gasteiger partial charge in [-0.05, 0) is 25.8 Å². The molecular formula is C13H15N3O3S. The highest BCUT2D eigenvalue weighted by Gasteiger charge is 2.20. The summed E-state index contributed by atoms with van der Waals surface area (Å²) in [5, 5.41) is 0.473. The van der Waals surface area contributed by atoms with Crippen molar-refractivity contribution in [1.29, 1.82) is 0 Å². The standard InChI is InChI=1S/C13H15N3O3S/c1-8-6-9-11(20-8)14-13(19)16(12(9)18)7-10(17)15-4-2-3-5-15/h6H,2-5,7H2,1H3,(H,14,19). The van der Waals surface area contributed by atoms with Gasteiger partial charge in [0.05, 0.1) is 5.39 Å². The van der Waals surface area contributed by atoms with Crippen LogP contribution in [0.3, 0.4) is 0 Å². The highest BCUT2D eigenvalue weighted by atomic mass is 32.1. The van der Waals surface area contributed by atoms with Crippen LogP contribution >= 0.6 is 11.3 Å². The Morgan fingerprint density at radius 3 is 2.75 bits per heavy atom. The number of hydrogen-bond acceptors (Lipinski definition) is 4. The first-order valence-electron chi connectivity index (χ1n) is 6.57. The molecule has 1 saturated heterocycles. The Balaban J connectivity index is 2.00. The molecule has 0 spiro atoms. The van der Waals surface area contributed by atoms with Gasteiger partial charge in [0.15, 0.2) is 0 Å². The van der Waals surface area contributed by atoms with E-state index in [1.165, 1.54) is 11.3 Å². The van der Waals surface area contributed by atoms with E-state index in [4.69, 9.17) is 0 Å². The third kappa shape index (κ3) is 2.18. The number of thiophene rings is 1. The number of aryl methyl sites for hydroxylation is 1. The number of carbonyl (C=O) groups is 1. The Hall–Kier alpha value is -1.89. The maximum atomic E-state index is 12.3. The minimum Gasteiger partial charge on any atom is -0.341 e. The van der Waals surface area contributed by atoms with E-state index in [9.17, 15) is 14.4 Å². The first-order chi connectivity index (χ1) is 9.56. The SMILES string of the molecule is Cc1cc2c(=O)n(CC(=O)N3CCCC3)c(=O)[nH]c2s1. The predicted molar refractivity (Wildman–Crippen MR) is 77.3 cm³/mol. The number of nitrogens with one attached hydrogen (secondary N) is 1. The van der Waals surface area contributed by atoms with E-state index in [1.54, 1.807) is 11.0 Å². The highest BCUT2D eigenvalue weighted by Crippen LogP contribution is 2.18. The van der Waals surface area contributed by atoms with Gasteiger partial charge in [0.1, 0.15) is 11.4 Å². The van der Waals surface area contributed by atoms with Gasteiger partial charge in [-0.3, -0.25) is 19.1 Å². The Bertz CT molecular complexity index is 780. The van der Waals surface area contributed by atoms with Gasteiger partial charge in [-0.25, -0.2) is 4.79 Å². The second kappa shape index (κ2) is 4.90. The molecule has 1 amide bonds. The molecule has 0 unspecified atom stereocenters. The number of hydrogen-bond donors (Lipinski definition) is 1. The number of nitrogens with zero attached hydrogens (tertiary/aromatic N) is 2. The van der Waals surface area contributed by atoms with Crippen LogP contribution in [-0.2, 0) is 11.3 Å². The summed E-state index contributed by atoms with van der Waals surface area (Å²) in [5.74, 6) is -0.165. The van der Waals surface area contributed by atoms with E-state index >= 15 is 0 Å². The fourth-order valence-electron chi connectivity index (χ4n) is 2.51. The highest BCUT2D eigenvalue weighted by molar-refractivity contribution is 7.18. The van der Waals surface area contributed by atoms with Gasteiger partial charge in [-0.15, -0.1) is 11.3 Å². The summed E-state index contributed by atoms with van der Waals surface area (Å²) in [5.41, 5.74) is -0.905. The van der Waals surface area contributed by atoms with E-state index in [0.717, 1.165) is 22.3 Å². The zero-order chi connectivity index (χ0) is 14.3. The molecule has 1 fully saturated rings. The second-order valence-electron chi connectivity index (χ2n) is 5.01. The van der Waals surface area contributed by atoms with Gasteiger partial charge in [-0.2, -0.15) is 0 Å². The van der Waals surface area contributed by atoms with Crippen LogP contribution in [0.25, 0.3) is 10.2 Å². The predicted octanol–water partition coefficient (Wildman–Crippen LogP) is 0.682. The molecule has 0 saturated carbocycles. The summed E-state index contributed by atoms with van der Waals surface area (Å²) in [6.45, 7) is 3.12. The van der Waals surface area contributed by atoms with Crippen molar-refractivity contribution in [3.63, 3.8) is 0 Å². The minimum atomic E-state index is -0.517. The van der Waals surface area contributed by atoms with Crippen LogP contribution in [-0.4, -0.2) is 33.4 Å². The van der Waals surface area contributed by atoms with E-state index in [1.807, 2.05) is 6.92 Å². The monoisotopic (exact) mass is 293 g/mol. The summed E-state index contributed by atoms with van der Waals surface area (Å²) in [6.07, 6.45) is 1.97. The van der Waals surface area contributed by atoms with Crippen LogP contribution in [0.5, 0.6) is 0 Å². The number of fused-ring (bicyclic) bond motifs is 1. The average Bonchev–Trinajstić information content (AvgIpc) is 3.03. The van der Waals surface area contributed by atoms with Gasteiger partial charge in [0, 0.05) is 18.0 Å². The van der Waals surface area contributed by atoms with Gasteiger partial charge < -0.3 is 4.90 Å². The lowest BCUT2D eigenvalue weighted by molar-refractivity contribution is -0.130. The molecule has 0 aliphatic carbocycles. The normalized spacial score (nSPS) is 15.2. The first kappa shape index (κ1) is 13.1. The fourth-order valence-corrected chi connectivity index (χ4v) is 3.41. The number of amides is 1. The maximum Gasteiger partial charge on any atom is 0.329 e. The molecule has 2 aromatic rings. The van der Waals surface area contributed by atoms with Gasteiger partial charge in [0.25, 0.3) is 5.56 Å². The Morgan fingerprint density at radius 2 is 2.05 bits per heavy atom. The molecule has 0 atom stereocenters. The lowest BCUT2D eigenvalue weighted by Crippen LogP contribution is -2.41. The molecule has 0 radical (unpaired) electrons. The summed E-state index contributed by atoms with van der Waals surface area (Å²) in [6, 6.07) is 1.75. The summed E-state index contributed by atoms with van der Waals surface area (Å²) < 4.78 is 0.995. The molecule has 1 aliphatic rings. The van der Waals surface area contributed by atoms with E-state index in [2.05, 4.69) is 4.98 Å². The van der Waals surface area contributed by atoms with Gasteiger partial charge >= 0.3 is 5.69 Å². The van der Waals surface area contributed by atoms with Crippen LogP contribution in [0.2, 0.25) is 0 Å². The molecule has 20 heavy (non-hydrogen) atoms. The molecule has 1 aliphatic heterocycles. The van der Waals surface area contributed by atoms with Crippen LogP contribution in [0.1, 0.15) is 17.7 Å². The number of aromatic amines is 1. The van der Waals surface area contributed by atoms with Crippen LogP contribution < -0.4 is 11.2 Å². The van der Waals surface area contributed by atoms with Gasteiger partial charge in [0.2, 0.25) is 5.91 Å². The number of likely N-dealkylation sites (tertiary alicyclic amines) is 1. The quantitative estimate of drug-likeness (QED) is 0.885. The second-order valence-corrected chi connectivity index (χ2v) is 6.27. The molecule has 106 valence electrons. The Morgan fingerprint density at radius 1 is 1.35 bits per heavy atom.